The molecule has 1 fully saturated rings. The summed E-state index contributed by atoms with van der Waals surface area (Å²) in [6.45, 7) is 5.47. The van der Waals surface area contributed by atoms with Crippen LogP contribution in [0.4, 0.5) is 0 Å². The molecule has 1 aliphatic rings. The molecule has 4 heteroatoms. The summed E-state index contributed by atoms with van der Waals surface area (Å²) in [7, 11) is 0. The Morgan fingerprint density at radius 3 is 2.85 bits per heavy atom. The van der Waals surface area contributed by atoms with Gasteiger partial charge in [-0.2, -0.15) is 0 Å². The zero-order valence-corrected chi connectivity index (χ0v) is 13.3. The summed E-state index contributed by atoms with van der Waals surface area (Å²) in [6, 6.07) is 4.87. The van der Waals surface area contributed by atoms with E-state index in [1.54, 1.807) is 0 Å². The molecule has 1 saturated carbocycles. The summed E-state index contributed by atoms with van der Waals surface area (Å²) < 4.78 is 5.15. The van der Waals surface area contributed by atoms with Crippen LogP contribution < -0.4 is 5.32 Å². The number of hydrogen-bond donors (Lipinski definition) is 1. The molecule has 0 aliphatic heterocycles. The van der Waals surface area contributed by atoms with Crippen LogP contribution in [0.25, 0.3) is 0 Å². The highest BCUT2D eigenvalue weighted by Gasteiger charge is 2.27. The number of aryl methyl sites for hydroxylation is 1. The van der Waals surface area contributed by atoms with Crippen molar-refractivity contribution in [2.45, 2.75) is 58.5 Å². The van der Waals surface area contributed by atoms with E-state index >= 15 is 0 Å². The van der Waals surface area contributed by atoms with Gasteiger partial charge in [0.15, 0.2) is 0 Å². The van der Waals surface area contributed by atoms with Crippen LogP contribution in [0.3, 0.4) is 0 Å². The number of carbonyl (C=O) groups is 1. The van der Waals surface area contributed by atoms with Gasteiger partial charge in [0.25, 0.3) is 0 Å². The molecule has 0 spiro atoms. The van der Waals surface area contributed by atoms with E-state index in [0.29, 0.717) is 12.6 Å². The number of nitrogens with one attached hydrogen (secondary N) is 1. The zero-order chi connectivity index (χ0) is 14.4. The molecule has 0 amide bonds. The first-order chi connectivity index (χ1) is 9.72. The Labute approximate surface area is 125 Å². The minimum atomic E-state index is -0.0107. The van der Waals surface area contributed by atoms with Crippen molar-refractivity contribution in [1.29, 1.82) is 0 Å². The summed E-state index contributed by atoms with van der Waals surface area (Å²) >= 11 is 1.88. The first-order valence-electron chi connectivity index (χ1n) is 7.70. The molecule has 20 heavy (non-hydrogen) atoms. The van der Waals surface area contributed by atoms with Crippen LogP contribution in [0, 0.1) is 5.92 Å². The van der Waals surface area contributed by atoms with Gasteiger partial charge in [0.1, 0.15) is 0 Å². The second kappa shape index (κ2) is 7.79. The smallest absolute Gasteiger partial charge is 0.308 e. The topological polar surface area (TPSA) is 38.3 Å². The molecular formula is C16H25NO2S. The van der Waals surface area contributed by atoms with Crippen molar-refractivity contribution < 1.29 is 9.53 Å². The molecule has 2 rings (SSSR count). The standard InChI is InChI=1S/C16H25NO2S/c1-3-14-8-9-15(20-14)11-17-13-7-5-6-12(10-13)16(18)19-4-2/h8-9,12-13,17H,3-7,10-11H2,1-2H3. The van der Waals surface area contributed by atoms with Gasteiger partial charge in [0.05, 0.1) is 12.5 Å². The summed E-state index contributed by atoms with van der Waals surface area (Å²) in [6.07, 6.45) is 5.30. The summed E-state index contributed by atoms with van der Waals surface area (Å²) in [4.78, 5) is 14.6. The fraction of sp³-hybridized carbons (Fsp3) is 0.688. The fourth-order valence-corrected chi connectivity index (χ4v) is 3.71. The normalized spacial score (nSPS) is 22.7. The van der Waals surface area contributed by atoms with Crippen LogP contribution in [-0.2, 0) is 22.5 Å². The van der Waals surface area contributed by atoms with Gasteiger partial charge in [-0.25, -0.2) is 0 Å². The van der Waals surface area contributed by atoms with Gasteiger partial charge in [-0.05, 0) is 44.7 Å². The Hall–Kier alpha value is -0.870. The minimum absolute atomic E-state index is 0.0107. The van der Waals surface area contributed by atoms with Crippen molar-refractivity contribution in [3.8, 4) is 0 Å². The van der Waals surface area contributed by atoms with Crippen molar-refractivity contribution in [3.05, 3.63) is 21.9 Å². The van der Waals surface area contributed by atoms with Crippen molar-refractivity contribution in [1.82, 2.24) is 5.32 Å². The van der Waals surface area contributed by atoms with E-state index in [-0.39, 0.29) is 11.9 Å². The molecule has 1 aromatic heterocycles. The van der Waals surface area contributed by atoms with E-state index in [2.05, 4.69) is 24.4 Å². The van der Waals surface area contributed by atoms with Crippen molar-refractivity contribution in [3.63, 3.8) is 0 Å². The number of thiophene rings is 1. The molecule has 1 aliphatic carbocycles. The second-order valence-electron chi connectivity index (χ2n) is 5.41. The van der Waals surface area contributed by atoms with Gasteiger partial charge in [0, 0.05) is 22.3 Å². The highest BCUT2D eigenvalue weighted by molar-refractivity contribution is 7.11. The van der Waals surface area contributed by atoms with Crippen LogP contribution >= 0.6 is 11.3 Å². The van der Waals surface area contributed by atoms with Crippen LogP contribution in [0.15, 0.2) is 12.1 Å². The van der Waals surface area contributed by atoms with Crippen LogP contribution in [0.2, 0.25) is 0 Å². The molecular weight excluding hydrogens is 270 g/mol. The Morgan fingerprint density at radius 1 is 1.35 bits per heavy atom. The molecule has 1 N–H and O–H groups in total. The lowest BCUT2D eigenvalue weighted by molar-refractivity contribution is -0.149. The molecule has 1 heterocycles. The SMILES string of the molecule is CCOC(=O)C1CCCC(NCc2ccc(CC)s2)C1. The van der Waals surface area contributed by atoms with Crippen molar-refractivity contribution >= 4 is 17.3 Å². The predicted molar refractivity (Wildman–Crippen MR) is 82.9 cm³/mol. The maximum Gasteiger partial charge on any atom is 0.308 e. The number of esters is 1. The predicted octanol–water partition coefficient (Wildman–Crippen LogP) is 3.52. The Morgan fingerprint density at radius 2 is 2.15 bits per heavy atom. The van der Waals surface area contributed by atoms with E-state index in [0.717, 1.165) is 32.2 Å². The zero-order valence-electron chi connectivity index (χ0n) is 12.5. The quantitative estimate of drug-likeness (QED) is 0.816. The Kier molecular flexibility index (Phi) is 6.05. The third-order valence-corrected chi connectivity index (χ3v) is 5.15. The number of ether oxygens (including phenoxy) is 1. The van der Waals surface area contributed by atoms with Crippen LogP contribution in [0.5, 0.6) is 0 Å². The largest absolute Gasteiger partial charge is 0.466 e. The third kappa shape index (κ3) is 4.32. The minimum Gasteiger partial charge on any atom is -0.466 e. The monoisotopic (exact) mass is 295 g/mol. The van der Waals surface area contributed by atoms with E-state index < -0.39 is 0 Å². The van der Waals surface area contributed by atoms with Crippen molar-refractivity contribution in [2.75, 3.05) is 6.61 Å². The molecule has 0 saturated heterocycles. The van der Waals surface area contributed by atoms with Gasteiger partial charge in [-0.1, -0.05) is 13.3 Å². The molecule has 0 aromatic carbocycles. The van der Waals surface area contributed by atoms with Crippen molar-refractivity contribution in [2.24, 2.45) is 5.92 Å². The van der Waals surface area contributed by atoms with Gasteiger partial charge < -0.3 is 10.1 Å². The van der Waals surface area contributed by atoms with Gasteiger partial charge >= 0.3 is 5.97 Å². The molecule has 112 valence electrons. The number of hydrogen-bond acceptors (Lipinski definition) is 4. The second-order valence-corrected chi connectivity index (χ2v) is 6.67. The summed E-state index contributed by atoms with van der Waals surface area (Å²) in [5, 5.41) is 3.60. The lowest BCUT2D eigenvalue weighted by atomic mass is 9.86. The molecule has 0 bridgehead atoms. The van der Waals surface area contributed by atoms with Crippen LogP contribution in [-0.4, -0.2) is 18.6 Å². The molecule has 1 aromatic rings. The van der Waals surface area contributed by atoms with E-state index in [4.69, 9.17) is 4.74 Å². The Balaban J connectivity index is 1.79. The van der Waals surface area contributed by atoms with E-state index in [9.17, 15) is 4.79 Å². The highest BCUT2D eigenvalue weighted by Crippen LogP contribution is 2.26. The molecule has 2 unspecified atom stereocenters. The lowest BCUT2D eigenvalue weighted by Gasteiger charge is -2.28. The van der Waals surface area contributed by atoms with Gasteiger partial charge in [-0.15, -0.1) is 11.3 Å². The molecule has 0 radical (unpaired) electrons. The average Bonchev–Trinajstić information content (AvgIpc) is 2.94. The fourth-order valence-electron chi connectivity index (χ4n) is 2.80. The Bertz CT molecular complexity index is 430. The van der Waals surface area contributed by atoms with Gasteiger partial charge in [-0.3, -0.25) is 4.79 Å². The number of carbonyl (C=O) groups excluding carboxylic acids is 1. The third-order valence-electron chi connectivity index (χ3n) is 3.92. The van der Waals surface area contributed by atoms with Gasteiger partial charge in [0.2, 0.25) is 0 Å². The summed E-state index contributed by atoms with van der Waals surface area (Å²) in [5.41, 5.74) is 0. The maximum atomic E-state index is 11.8. The average molecular weight is 295 g/mol. The van der Waals surface area contributed by atoms with E-state index in [1.165, 1.54) is 16.2 Å². The maximum absolute atomic E-state index is 11.8. The first-order valence-corrected chi connectivity index (χ1v) is 8.52. The lowest BCUT2D eigenvalue weighted by Crippen LogP contribution is -2.36. The van der Waals surface area contributed by atoms with E-state index in [1.807, 2.05) is 18.3 Å². The molecule has 3 nitrogen and oxygen atoms in total. The van der Waals surface area contributed by atoms with Crippen LogP contribution in [0.1, 0.15) is 49.3 Å². The number of rotatable bonds is 6. The first kappa shape index (κ1) is 15.5. The highest BCUT2D eigenvalue weighted by atomic mass is 32.1. The summed E-state index contributed by atoms with van der Waals surface area (Å²) in [5.74, 6) is 0.0825. The molecule has 2 atom stereocenters.